The minimum Gasteiger partial charge on any atom is -0.489 e. The molecule has 0 amide bonds. The van der Waals surface area contributed by atoms with Crippen LogP contribution in [0.25, 0.3) is 0 Å². The van der Waals surface area contributed by atoms with E-state index in [1.165, 1.54) is 6.26 Å². The molecule has 19 heavy (non-hydrogen) atoms. The fraction of sp³-hybridized carbons (Fsp3) is 0.286. The van der Waals surface area contributed by atoms with Gasteiger partial charge in [-0.15, -0.1) is 0 Å². The van der Waals surface area contributed by atoms with Gasteiger partial charge in [-0.05, 0) is 29.8 Å². The summed E-state index contributed by atoms with van der Waals surface area (Å²) in [4.78, 5) is 0. The maximum absolute atomic E-state index is 10.2. The Bertz CT molecular complexity index is 565. The van der Waals surface area contributed by atoms with E-state index >= 15 is 0 Å². The third kappa shape index (κ3) is 2.41. The van der Waals surface area contributed by atoms with Crippen LogP contribution < -0.4 is 9.47 Å². The molecule has 0 radical (unpaired) electrons. The highest BCUT2D eigenvalue weighted by molar-refractivity contribution is 6.32. The lowest BCUT2D eigenvalue weighted by atomic mass is 10.1. The summed E-state index contributed by atoms with van der Waals surface area (Å²) in [7, 11) is 0. The first-order valence-electron chi connectivity index (χ1n) is 6.06. The van der Waals surface area contributed by atoms with E-state index in [4.69, 9.17) is 25.5 Å². The number of halogens is 1. The Kier molecular flexibility index (Phi) is 3.36. The van der Waals surface area contributed by atoms with Crippen LogP contribution in [0.1, 0.15) is 23.8 Å². The zero-order chi connectivity index (χ0) is 13.2. The Morgan fingerprint density at radius 2 is 2.05 bits per heavy atom. The molecule has 1 atom stereocenters. The molecule has 1 unspecified atom stereocenters. The van der Waals surface area contributed by atoms with Crippen LogP contribution in [-0.4, -0.2) is 18.3 Å². The second kappa shape index (κ2) is 5.15. The molecule has 0 saturated heterocycles. The maximum atomic E-state index is 10.2. The van der Waals surface area contributed by atoms with E-state index in [1.807, 2.05) is 0 Å². The van der Waals surface area contributed by atoms with Crippen LogP contribution >= 0.6 is 11.6 Å². The summed E-state index contributed by atoms with van der Waals surface area (Å²) in [5.41, 5.74) is 0.615. The van der Waals surface area contributed by atoms with Gasteiger partial charge in [0, 0.05) is 6.42 Å². The zero-order valence-corrected chi connectivity index (χ0v) is 10.9. The summed E-state index contributed by atoms with van der Waals surface area (Å²) in [6.07, 6.45) is 1.45. The first-order chi connectivity index (χ1) is 9.25. The molecule has 1 N–H and O–H groups in total. The number of fused-ring (bicyclic) bond motifs is 1. The first kappa shape index (κ1) is 12.4. The van der Waals surface area contributed by atoms with Crippen LogP contribution in [-0.2, 0) is 0 Å². The Morgan fingerprint density at radius 1 is 1.21 bits per heavy atom. The first-order valence-corrected chi connectivity index (χ1v) is 6.44. The van der Waals surface area contributed by atoms with E-state index in [0.29, 0.717) is 41.1 Å². The molecule has 2 aromatic rings. The minimum absolute atomic E-state index is 0.431. The highest BCUT2D eigenvalue weighted by Gasteiger charge is 2.20. The number of aliphatic hydroxyl groups excluding tert-OH is 1. The van der Waals surface area contributed by atoms with Crippen molar-refractivity contribution in [1.82, 2.24) is 0 Å². The standard InChI is InChI=1S/C14H13ClO4/c15-10-7-9(13(16)11-3-1-4-17-11)8-12-14(10)19-6-2-5-18-12/h1,3-4,7-8,13,16H,2,5-6H2. The molecule has 0 aliphatic carbocycles. The average molecular weight is 281 g/mol. The molecule has 2 heterocycles. The third-order valence-corrected chi connectivity index (χ3v) is 3.23. The van der Waals surface area contributed by atoms with Crippen molar-refractivity contribution in [2.45, 2.75) is 12.5 Å². The Morgan fingerprint density at radius 3 is 2.84 bits per heavy atom. The van der Waals surface area contributed by atoms with Crippen molar-refractivity contribution in [2.24, 2.45) is 0 Å². The van der Waals surface area contributed by atoms with Gasteiger partial charge in [-0.1, -0.05) is 11.6 Å². The van der Waals surface area contributed by atoms with Crippen molar-refractivity contribution in [3.05, 3.63) is 46.9 Å². The molecule has 1 aromatic carbocycles. The van der Waals surface area contributed by atoms with Crippen molar-refractivity contribution >= 4 is 11.6 Å². The number of hydrogen-bond donors (Lipinski definition) is 1. The summed E-state index contributed by atoms with van der Waals surface area (Å²) in [5.74, 6) is 1.56. The summed E-state index contributed by atoms with van der Waals surface area (Å²) >= 11 is 6.18. The number of rotatable bonds is 2. The molecule has 1 aliphatic rings. The van der Waals surface area contributed by atoms with Crippen molar-refractivity contribution in [2.75, 3.05) is 13.2 Å². The average Bonchev–Trinajstić information content (AvgIpc) is 2.83. The summed E-state index contributed by atoms with van der Waals surface area (Å²) in [6.45, 7) is 1.15. The number of hydrogen-bond acceptors (Lipinski definition) is 4. The molecule has 0 bridgehead atoms. The van der Waals surface area contributed by atoms with Gasteiger partial charge in [-0.2, -0.15) is 0 Å². The Balaban J connectivity index is 1.99. The third-order valence-electron chi connectivity index (χ3n) is 2.95. The van der Waals surface area contributed by atoms with Crippen molar-refractivity contribution in [3.8, 4) is 11.5 Å². The molecular formula is C14H13ClO4. The maximum Gasteiger partial charge on any atom is 0.179 e. The summed E-state index contributed by atoms with van der Waals surface area (Å²) in [5, 5.41) is 10.7. The van der Waals surface area contributed by atoms with Crippen molar-refractivity contribution in [1.29, 1.82) is 0 Å². The molecular weight excluding hydrogens is 268 g/mol. The molecule has 0 spiro atoms. The molecule has 4 nitrogen and oxygen atoms in total. The van der Waals surface area contributed by atoms with Gasteiger partial charge >= 0.3 is 0 Å². The Hall–Kier alpha value is -1.65. The smallest absolute Gasteiger partial charge is 0.179 e. The highest BCUT2D eigenvalue weighted by Crippen LogP contribution is 2.40. The van der Waals surface area contributed by atoms with E-state index in [9.17, 15) is 5.11 Å². The van der Waals surface area contributed by atoms with Crippen LogP contribution in [0.15, 0.2) is 34.9 Å². The second-order valence-corrected chi connectivity index (χ2v) is 4.71. The fourth-order valence-corrected chi connectivity index (χ4v) is 2.29. The quantitative estimate of drug-likeness (QED) is 0.918. The van der Waals surface area contributed by atoms with Gasteiger partial charge in [0.2, 0.25) is 0 Å². The molecule has 100 valence electrons. The summed E-state index contributed by atoms with van der Waals surface area (Å²) < 4.78 is 16.3. The van der Waals surface area contributed by atoms with E-state index in [0.717, 1.165) is 6.42 Å². The van der Waals surface area contributed by atoms with Crippen molar-refractivity contribution < 1.29 is 19.0 Å². The van der Waals surface area contributed by atoms with Crippen LogP contribution in [0.2, 0.25) is 5.02 Å². The minimum atomic E-state index is -0.871. The van der Waals surface area contributed by atoms with Crippen LogP contribution in [0, 0.1) is 0 Å². The molecule has 1 aliphatic heterocycles. The van der Waals surface area contributed by atoms with Crippen molar-refractivity contribution in [3.63, 3.8) is 0 Å². The lowest BCUT2D eigenvalue weighted by molar-refractivity contribution is 0.188. The number of aliphatic hydroxyl groups is 1. The van der Waals surface area contributed by atoms with E-state index in [1.54, 1.807) is 24.3 Å². The van der Waals surface area contributed by atoms with Gasteiger partial charge in [0.25, 0.3) is 0 Å². The van der Waals surface area contributed by atoms with E-state index < -0.39 is 6.10 Å². The lowest BCUT2D eigenvalue weighted by Crippen LogP contribution is -2.00. The summed E-state index contributed by atoms with van der Waals surface area (Å²) in [6, 6.07) is 6.84. The normalized spacial score (nSPS) is 15.9. The monoisotopic (exact) mass is 280 g/mol. The Labute approximate surface area is 115 Å². The van der Waals surface area contributed by atoms with Crippen LogP contribution in [0.5, 0.6) is 11.5 Å². The molecule has 3 rings (SSSR count). The SMILES string of the molecule is OC(c1cc(Cl)c2c(c1)OCCCO2)c1ccco1. The lowest BCUT2D eigenvalue weighted by Gasteiger charge is -2.14. The molecule has 5 heteroatoms. The second-order valence-electron chi connectivity index (χ2n) is 4.30. The number of furan rings is 1. The van der Waals surface area contributed by atoms with Gasteiger partial charge in [-0.25, -0.2) is 0 Å². The molecule has 1 aromatic heterocycles. The van der Waals surface area contributed by atoms with Gasteiger partial charge in [-0.3, -0.25) is 0 Å². The molecule has 0 fully saturated rings. The van der Waals surface area contributed by atoms with Crippen LogP contribution in [0.3, 0.4) is 0 Å². The van der Waals surface area contributed by atoms with Gasteiger partial charge < -0.3 is 19.0 Å². The van der Waals surface area contributed by atoms with Gasteiger partial charge in [0.05, 0.1) is 24.5 Å². The number of ether oxygens (including phenoxy) is 2. The van der Waals surface area contributed by atoms with Gasteiger partial charge in [0.1, 0.15) is 11.9 Å². The topological polar surface area (TPSA) is 51.8 Å². The van der Waals surface area contributed by atoms with E-state index in [-0.39, 0.29) is 0 Å². The van der Waals surface area contributed by atoms with Gasteiger partial charge in [0.15, 0.2) is 11.5 Å². The predicted octanol–water partition coefficient (Wildman–Crippen LogP) is 3.18. The zero-order valence-electron chi connectivity index (χ0n) is 10.1. The number of benzene rings is 1. The van der Waals surface area contributed by atoms with E-state index in [2.05, 4.69) is 0 Å². The fourth-order valence-electron chi connectivity index (χ4n) is 2.02. The highest BCUT2D eigenvalue weighted by atomic mass is 35.5. The molecule has 0 saturated carbocycles. The van der Waals surface area contributed by atoms with Crippen LogP contribution in [0.4, 0.5) is 0 Å². The predicted molar refractivity (Wildman–Crippen MR) is 69.8 cm³/mol. The largest absolute Gasteiger partial charge is 0.489 e.